The topological polar surface area (TPSA) is 95.9 Å². The Hall–Kier alpha value is -3.35. The Morgan fingerprint density at radius 3 is 2.34 bits per heavy atom. The van der Waals surface area contributed by atoms with Crippen LogP contribution in [-0.2, 0) is 4.79 Å². The van der Waals surface area contributed by atoms with Crippen molar-refractivity contribution in [3.63, 3.8) is 0 Å². The molecule has 1 aliphatic rings. The van der Waals surface area contributed by atoms with Crippen LogP contribution in [0.2, 0.25) is 0 Å². The molecular weight excluding hydrogens is 372 g/mol. The number of ether oxygens (including phenoxy) is 1. The number of imide groups is 1. The summed E-state index contributed by atoms with van der Waals surface area (Å²) in [4.78, 5) is 37.6. The molecule has 7 heteroatoms. The van der Waals surface area contributed by atoms with Gasteiger partial charge in [-0.2, -0.15) is 0 Å². The molecule has 1 fully saturated rings. The van der Waals surface area contributed by atoms with E-state index in [9.17, 15) is 14.4 Å². The molecule has 1 heterocycles. The van der Waals surface area contributed by atoms with Crippen LogP contribution < -0.4 is 10.1 Å². The van der Waals surface area contributed by atoms with Crippen LogP contribution in [0.5, 0.6) is 5.75 Å². The standard InChI is InChI=1S/C22H24N2O5/c1-4-22(3)19(27)24(21(28)23-14(2)15-8-6-5-7-9-15)20(22)29-17-12-10-16(11-13-17)18(25)26/h5-14,20H,4H2,1-3H3,(H,23,28)(H,25,26)/t14-,20-,22+/m1/s1. The lowest BCUT2D eigenvalue weighted by Crippen LogP contribution is -2.72. The smallest absolute Gasteiger partial charge is 0.335 e. The molecule has 0 aliphatic carbocycles. The number of nitrogens with one attached hydrogen (secondary N) is 1. The summed E-state index contributed by atoms with van der Waals surface area (Å²) in [5.41, 5.74) is 0.221. The lowest BCUT2D eigenvalue weighted by Gasteiger charge is -2.51. The number of amides is 3. The summed E-state index contributed by atoms with van der Waals surface area (Å²) in [6.45, 7) is 5.47. The molecule has 7 nitrogen and oxygen atoms in total. The van der Waals surface area contributed by atoms with Gasteiger partial charge < -0.3 is 15.2 Å². The second-order valence-electron chi connectivity index (χ2n) is 7.33. The molecule has 29 heavy (non-hydrogen) atoms. The molecule has 3 atom stereocenters. The highest BCUT2D eigenvalue weighted by Gasteiger charge is 2.61. The largest absolute Gasteiger partial charge is 0.478 e. The number of nitrogens with zero attached hydrogens (tertiary/aromatic N) is 1. The molecule has 0 saturated carbocycles. The van der Waals surface area contributed by atoms with E-state index in [1.54, 1.807) is 6.92 Å². The first-order valence-corrected chi connectivity index (χ1v) is 9.47. The van der Waals surface area contributed by atoms with Gasteiger partial charge in [-0.05, 0) is 50.1 Å². The first-order chi connectivity index (χ1) is 13.8. The van der Waals surface area contributed by atoms with Crippen molar-refractivity contribution in [3.05, 3.63) is 65.7 Å². The zero-order chi connectivity index (χ0) is 21.2. The molecule has 3 amide bonds. The Morgan fingerprint density at radius 1 is 1.17 bits per heavy atom. The fourth-order valence-corrected chi connectivity index (χ4v) is 3.30. The predicted octanol–water partition coefficient (Wildman–Crippen LogP) is 3.82. The number of aromatic carboxylic acids is 1. The van der Waals surface area contributed by atoms with Gasteiger partial charge in [-0.1, -0.05) is 37.3 Å². The number of rotatable bonds is 6. The third-order valence-corrected chi connectivity index (χ3v) is 5.43. The molecule has 2 aromatic rings. The van der Waals surface area contributed by atoms with E-state index in [-0.39, 0.29) is 17.5 Å². The summed E-state index contributed by atoms with van der Waals surface area (Å²) in [6, 6.07) is 14.5. The van der Waals surface area contributed by atoms with Crippen molar-refractivity contribution in [1.29, 1.82) is 0 Å². The van der Waals surface area contributed by atoms with Crippen molar-refractivity contribution in [3.8, 4) is 5.75 Å². The first-order valence-electron chi connectivity index (χ1n) is 9.47. The molecule has 0 aromatic heterocycles. The number of carbonyl (C=O) groups excluding carboxylic acids is 2. The number of likely N-dealkylation sites (tertiary alicyclic amines) is 1. The van der Waals surface area contributed by atoms with E-state index in [2.05, 4.69) is 5.32 Å². The Bertz CT molecular complexity index is 913. The molecular formula is C22H24N2O5. The number of carboxylic acids is 1. The van der Waals surface area contributed by atoms with E-state index in [0.29, 0.717) is 12.2 Å². The summed E-state index contributed by atoms with van der Waals surface area (Å²) in [5.74, 6) is -0.948. The quantitative estimate of drug-likeness (QED) is 0.724. The van der Waals surface area contributed by atoms with Crippen LogP contribution in [0.15, 0.2) is 54.6 Å². The maximum Gasteiger partial charge on any atom is 0.335 e. The van der Waals surface area contributed by atoms with Crippen molar-refractivity contribution in [2.45, 2.75) is 39.5 Å². The van der Waals surface area contributed by atoms with Crippen LogP contribution in [-0.4, -0.2) is 34.1 Å². The summed E-state index contributed by atoms with van der Waals surface area (Å²) in [5, 5.41) is 11.9. The van der Waals surface area contributed by atoms with Crippen LogP contribution in [0.1, 0.15) is 49.2 Å². The molecule has 2 N–H and O–H groups in total. The van der Waals surface area contributed by atoms with Gasteiger partial charge in [0.2, 0.25) is 5.91 Å². The van der Waals surface area contributed by atoms with Crippen molar-refractivity contribution in [1.82, 2.24) is 10.2 Å². The van der Waals surface area contributed by atoms with Crippen LogP contribution >= 0.6 is 0 Å². The molecule has 0 unspecified atom stereocenters. The van der Waals surface area contributed by atoms with Gasteiger partial charge in [0, 0.05) is 0 Å². The van der Waals surface area contributed by atoms with Gasteiger partial charge in [0.1, 0.15) is 11.2 Å². The summed E-state index contributed by atoms with van der Waals surface area (Å²) in [6.07, 6.45) is -0.277. The zero-order valence-corrected chi connectivity index (χ0v) is 16.6. The second kappa shape index (κ2) is 7.95. The SMILES string of the molecule is CC[C@@]1(C)C(=O)N(C(=O)N[C@H](C)c2ccccc2)[C@@H]1Oc1ccc(C(=O)O)cc1. The minimum atomic E-state index is -1.04. The van der Waals surface area contributed by atoms with Crippen LogP contribution in [0.4, 0.5) is 4.79 Å². The average Bonchev–Trinajstić information content (AvgIpc) is 2.73. The van der Waals surface area contributed by atoms with Gasteiger partial charge in [0.15, 0.2) is 6.23 Å². The van der Waals surface area contributed by atoms with E-state index < -0.39 is 23.6 Å². The van der Waals surface area contributed by atoms with Gasteiger partial charge in [-0.15, -0.1) is 0 Å². The molecule has 0 bridgehead atoms. The number of hydrogen-bond donors (Lipinski definition) is 2. The lowest BCUT2D eigenvalue weighted by atomic mass is 9.76. The van der Waals surface area contributed by atoms with Crippen molar-refractivity contribution < 1.29 is 24.2 Å². The van der Waals surface area contributed by atoms with E-state index in [4.69, 9.17) is 9.84 Å². The third-order valence-electron chi connectivity index (χ3n) is 5.43. The highest BCUT2D eigenvalue weighted by atomic mass is 16.5. The molecule has 0 spiro atoms. The Labute approximate surface area is 169 Å². The number of benzene rings is 2. The lowest BCUT2D eigenvalue weighted by molar-refractivity contribution is -0.186. The number of urea groups is 1. The molecule has 152 valence electrons. The minimum Gasteiger partial charge on any atom is -0.478 e. The van der Waals surface area contributed by atoms with Crippen molar-refractivity contribution >= 4 is 17.9 Å². The van der Waals surface area contributed by atoms with E-state index in [0.717, 1.165) is 10.5 Å². The predicted molar refractivity (Wildman–Crippen MR) is 106 cm³/mol. The van der Waals surface area contributed by atoms with Gasteiger partial charge in [0.25, 0.3) is 0 Å². The van der Waals surface area contributed by atoms with Gasteiger partial charge in [0.05, 0.1) is 11.6 Å². The number of hydrogen-bond acceptors (Lipinski definition) is 4. The summed E-state index contributed by atoms with van der Waals surface area (Å²) >= 11 is 0. The molecule has 2 aromatic carbocycles. The van der Waals surface area contributed by atoms with Crippen LogP contribution in [0.25, 0.3) is 0 Å². The zero-order valence-electron chi connectivity index (χ0n) is 16.6. The van der Waals surface area contributed by atoms with Gasteiger partial charge >= 0.3 is 12.0 Å². The molecule has 0 radical (unpaired) electrons. The Morgan fingerprint density at radius 2 is 1.79 bits per heavy atom. The normalized spacial score (nSPS) is 21.8. The second-order valence-corrected chi connectivity index (χ2v) is 7.33. The average molecular weight is 396 g/mol. The monoisotopic (exact) mass is 396 g/mol. The van der Waals surface area contributed by atoms with E-state index in [1.807, 2.05) is 44.2 Å². The number of β-lactam (4-membered cyclic amide) rings is 1. The highest BCUT2D eigenvalue weighted by molar-refractivity contribution is 6.03. The first kappa shape index (κ1) is 20.4. The number of carboxylic acid groups (broad SMARTS) is 1. The maximum absolute atomic E-state index is 12.8. The van der Waals surface area contributed by atoms with Crippen LogP contribution in [0.3, 0.4) is 0 Å². The van der Waals surface area contributed by atoms with E-state index >= 15 is 0 Å². The Balaban J connectivity index is 1.76. The molecule has 1 aliphatic heterocycles. The Kier molecular flexibility index (Phi) is 5.59. The molecule has 1 saturated heterocycles. The highest BCUT2D eigenvalue weighted by Crippen LogP contribution is 2.43. The maximum atomic E-state index is 12.8. The minimum absolute atomic E-state index is 0.131. The number of carbonyl (C=O) groups is 3. The van der Waals surface area contributed by atoms with Crippen molar-refractivity contribution in [2.75, 3.05) is 0 Å². The van der Waals surface area contributed by atoms with Gasteiger partial charge in [-0.3, -0.25) is 4.79 Å². The fourth-order valence-electron chi connectivity index (χ4n) is 3.30. The fraction of sp³-hybridized carbons (Fsp3) is 0.318. The molecule has 3 rings (SSSR count). The summed E-state index contributed by atoms with van der Waals surface area (Å²) in [7, 11) is 0. The van der Waals surface area contributed by atoms with Crippen LogP contribution in [0, 0.1) is 5.41 Å². The summed E-state index contributed by atoms with van der Waals surface area (Å²) < 4.78 is 5.93. The van der Waals surface area contributed by atoms with Gasteiger partial charge in [-0.25, -0.2) is 14.5 Å². The third kappa shape index (κ3) is 3.81. The van der Waals surface area contributed by atoms with E-state index in [1.165, 1.54) is 24.3 Å². The van der Waals surface area contributed by atoms with Crippen molar-refractivity contribution in [2.24, 2.45) is 5.41 Å².